The average molecular weight is 462 g/mol. The number of hydrogen-bond donors (Lipinski definition) is 0. The number of fused-ring (bicyclic) bond motifs is 3. The minimum atomic E-state index is -0.891. The van der Waals surface area contributed by atoms with E-state index < -0.39 is 17.9 Å². The first-order chi connectivity index (χ1) is 15.4. The van der Waals surface area contributed by atoms with Crippen molar-refractivity contribution >= 4 is 51.9 Å². The van der Waals surface area contributed by atoms with E-state index in [1.807, 2.05) is 4.90 Å². The fourth-order valence-electron chi connectivity index (χ4n) is 3.85. The zero-order valence-corrected chi connectivity index (χ0v) is 18.4. The Morgan fingerprint density at radius 3 is 2.22 bits per heavy atom. The van der Waals surface area contributed by atoms with Crippen molar-refractivity contribution in [2.45, 2.75) is 0 Å². The van der Waals surface area contributed by atoms with Gasteiger partial charge in [0.1, 0.15) is 22.3 Å². The molecule has 0 unspecified atom stereocenters. The van der Waals surface area contributed by atoms with Crippen LogP contribution in [0.15, 0.2) is 18.2 Å². The van der Waals surface area contributed by atoms with Crippen molar-refractivity contribution < 1.29 is 33.3 Å². The zero-order chi connectivity index (χ0) is 23.0. The van der Waals surface area contributed by atoms with Gasteiger partial charge in [-0.3, -0.25) is 4.40 Å². The molecule has 10 nitrogen and oxygen atoms in total. The summed E-state index contributed by atoms with van der Waals surface area (Å²) in [6.07, 6.45) is 0. The first-order valence-corrected chi connectivity index (χ1v) is 10.1. The normalized spacial score (nSPS) is 13.9. The molecule has 1 saturated heterocycles. The molecule has 1 aliphatic heterocycles. The van der Waals surface area contributed by atoms with Crippen LogP contribution < -0.4 is 4.90 Å². The summed E-state index contributed by atoms with van der Waals surface area (Å²) < 4.78 is 21.8. The second kappa shape index (κ2) is 8.64. The predicted molar refractivity (Wildman–Crippen MR) is 115 cm³/mol. The number of halogens is 1. The van der Waals surface area contributed by atoms with Gasteiger partial charge in [0.15, 0.2) is 5.82 Å². The second-order valence-corrected chi connectivity index (χ2v) is 7.36. The van der Waals surface area contributed by atoms with E-state index in [-0.39, 0.29) is 22.3 Å². The van der Waals surface area contributed by atoms with Crippen molar-refractivity contribution in [1.29, 1.82) is 0 Å². The molecular weight excluding hydrogens is 442 g/mol. The van der Waals surface area contributed by atoms with Crippen molar-refractivity contribution in [2.75, 3.05) is 52.5 Å². The number of ether oxygens (including phenoxy) is 4. The Kier molecular flexibility index (Phi) is 5.90. The molecule has 168 valence electrons. The van der Waals surface area contributed by atoms with Crippen LogP contribution in [-0.2, 0) is 18.9 Å². The van der Waals surface area contributed by atoms with Crippen LogP contribution in [0.3, 0.4) is 0 Å². The van der Waals surface area contributed by atoms with E-state index in [9.17, 15) is 14.4 Å². The number of morpholine rings is 1. The van der Waals surface area contributed by atoms with E-state index in [2.05, 4.69) is 0 Å². The topological polar surface area (TPSA) is 109 Å². The van der Waals surface area contributed by atoms with Gasteiger partial charge >= 0.3 is 17.9 Å². The number of carbonyl (C=O) groups is 3. The third-order valence-corrected chi connectivity index (χ3v) is 5.49. The second-order valence-electron chi connectivity index (χ2n) is 6.93. The lowest BCUT2D eigenvalue weighted by atomic mass is 10.1. The Labute approximate surface area is 187 Å². The van der Waals surface area contributed by atoms with Crippen LogP contribution in [0.2, 0.25) is 5.02 Å². The molecular formula is C21H20ClN3O7. The monoisotopic (exact) mass is 461 g/mol. The predicted octanol–water partition coefficient (Wildman–Crippen LogP) is 2.34. The SMILES string of the molecule is COC(=O)c1c(C(=O)OC)c2c(N3CCOCC3)nc3ccc(Cl)cc3n2c1C(=O)OC. The summed E-state index contributed by atoms with van der Waals surface area (Å²) in [7, 11) is 3.52. The van der Waals surface area contributed by atoms with Gasteiger partial charge in [-0.2, -0.15) is 0 Å². The van der Waals surface area contributed by atoms with E-state index in [4.69, 9.17) is 35.5 Å². The van der Waals surface area contributed by atoms with Crippen LogP contribution in [0.1, 0.15) is 31.2 Å². The van der Waals surface area contributed by atoms with Crippen molar-refractivity contribution in [3.8, 4) is 0 Å². The summed E-state index contributed by atoms with van der Waals surface area (Å²) in [5.74, 6) is -2.16. The highest BCUT2D eigenvalue weighted by Crippen LogP contribution is 2.36. The Morgan fingerprint density at radius 1 is 0.969 bits per heavy atom. The van der Waals surface area contributed by atoms with Crippen molar-refractivity contribution in [3.05, 3.63) is 40.0 Å². The van der Waals surface area contributed by atoms with Gasteiger partial charge in [0.25, 0.3) is 0 Å². The molecule has 1 aromatic carbocycles. The summed E-state index contributed by atoms with van der Waals surface area (Å²) in [5, 5.41) is 0.378. The lowest BCUT2D eigenvalue weighted by Gasteiger charge is -2.29. The third kappa shape index (κ3) is 3.41. The van der Waals surface area contributed by atoms with Gasteiger partial charge in [0.2, 0.25) is 0 Å². The van der Waals surface area contributed by atoms with Crippen molar-refractivity contribution in [3.63, 3.8) is 0 Å². The fraction of sp³-hybridized carbons (Fsp3) is 0.333. The van der Waals surface area contributed by atoms with Gasteiger partial charge in [-0.1, -0.05) is 11.6 Å². The maximum Gasteiger partial charge on any atom is 0.355 e. The zero-order valence-electron chi connectivity index (χ0n) is 17.6. The molecule has 1 fully saturated rings. The first-order valence-electron chi connectivity index (χ1n) is 9.68. The number of rotatable bonds is 4. The van der Waals surface area contributed by atoms with Gasteiger partial charge in [-0.25, -0.2) is 19.4 Å². The van der Waals surface area contributed by atoms with Crippen LogP contribution in [0.5, 0.6) is 0 Å². The molecule has 0 amide bonds. The molecule has 32 heavy (non-hydrogen) atoms. The number of esters is 3. The number of hydrogen-bond acceptors (Lipinski definition) is 9. The Morgan fingerprint density at radius 2 is 1.59 bits per heavy atom. The Bertz CT molecular complexity index is 1250. The van der Waals surface area contributed by atoms with Crippen LogP contribution in [0, 0.1) is 0 Å². The number of benzene rings is 1. The van der Waals surface area contributed by atoms with E-state index in [1.165, 1.54) is 18.6 Å². The molecule has 1 aliphatic rings. The van der Waals surface area contributed by atoms with Gasteiger partial charge in [-0.15, -0.1) is 0 Å². The standard InChI is InChI=1S/C21H20ClN3O7/c1-29-19(26)14-15(20(27)30-2)17(21(28)31-3)25-13-10-11(22)4-5-12(13)23-18(16(14)25)24-6-8-32-9-7-24/h4-5,10H,6-9H2,1-3H3. The molecule has 0 aliphatic carbocycles. The highest BCUT2D eigenvalue weighted by atomic mass is 35.5. The van der Waals surface area contributed by atoms with Crippen molar-refractivity contribution in [2.24, 2.45) is 0 Å². The highest BCUT2D eigenvalue weighted by Gasteiger charge is 2.37. The van der Waals surface area contributed by atoms with E-state index in [1.54, 1.807) is 18.2 Å². The highest BCUT2D eigenvalue weighted by molar-refractivity contribution is 6.31. The summed E-state index contributed by atoms with van der Waals surface area (Å²) in [5.41, 5.74) is 0.528. The molecule has 0 bridgehead atoms. The van der Waals surface area contributed by atoms with E-state index in [0.717, 1.165) is 7.11 Å². The minimum absolute atomic E-state index is 0.143. The van der Waals surface area contributed by atoms with Gasteiger partial charge in [-0.05, 0) is 18.2 Å². The fourth-order valence-corrected chi connectivity index (χ4v) is 4.02. The molecule has 4 rings (SSSR count). The molecule has 0 N–H and O–H groups in total. The van der Waals surface area contributed by atoms with Crippen LogP contribution in [-0.4, -0.2) is 74.9 Å². The van der Waals surface area contributed by atoms with E-state index >= 15 is 0 Å². The Hall–Kier alpha value is -3.37. The quantitative estimate of drug-likeness (QED) is 0.427. The molecule has 2 aromatic heterocycles. The molecule has 0 radical (unpaired) electrons. The maximum absolute atomic E-state index is 12.9. The minimum Gasteiger partial charge on any atom is -0.465 e. The van der Waals surface area contributed by atoms with Crippen LogP contribution >= 0.6 is 11.6 Å². The smallest absolute Gasteiger partial charge is 0.355 e. The molecule has 0 atom stereocenters. The molecule has 3 heterocycles. The summed E-state index contributed by atoms with van der Waals surface area (Å²) >= 11 is 6.23. The maximum atomic E-state index is 12.9. The largest absolute Gasteiger partial charge is 0.465 e. The first kappa shape index (κ1) is 21.8. The van der Waals surface area contributed by atoms with Gasteiger partial charge in [0, 0.05) is 18.1 Å². The lowest BCUT2D eigenvalue weighted by Crippen LogP contribution is -2.37. The number of carbonyl (C=O) groups excluding carboxylic acids is 3. The number of anilines is 1. The summed E-state index contributed by atoms with van der Waals surface area (Å²) in [4.78, 5) is 45.3. The lowest BCUT2D eigenvalue weighted by molar-refractivity contribution is 0.0536. The van der Waals surface area contributed by atoms with Crippen molar-refractivity contribution in [1.82, 2.24) is 9.38 Å². The van der Waals surface area contributed by atoms with Gasteiger partial charge in [0.05, 0.1) is 45.6 Å². The molecule has 0 spiro atoms. The Balaban J connectivity index is 2.27. The molecule has 3 aromatic rings. The number of aromatic nitrogens is 2. The number of nitrogens with zero attached hydrogens (tertiary/aromatic N) is 3. The van der Waals surface area contributed by atoms with Crippen LogP contribution in [0.25, 0.3) is 16.6 Å². The molecule has 0 saturated carbocycles. The number of methoxy groups -OCH3 is 3. The third-order valence-electron chi connectivity index (χ3n) is 5.26. The van der Waals surface area contributed by atoms with Gasteiger partial charge < -0.3 is 23.8 Å². The summed E-state index contributed by atoms with van der Waals surface area (Å²) in [6, 6.07) is 4.95. The summed E-state index contributed by atoms with van der Waals surface area (Å²) in [6.45, 7) is 1.90. The van der Waals surface area contributed by atoms with E-state index in [0.29, 0.717) is 48.2 Å². The molecule has 11 heteroatoms. The van der Waals surface area contributed by atoms with Crippen LogP contribution in [0.4, 0.5) is 5.82 Å². The average Bonchev–Trinajstić information content (AvgIpc) is 3.19.